The van der Waals surface area contributed by atoms with E-state index in [0.29, 0.717) is 0 Å². The predicted octanol–water partition coefficient (Wildman–Crippen LogP) is 5.93. The van der Waals surface area contributed by atoms with Gasteiger partial charge in [0.2, 0.25) is 0 Å². The minimum Gasteiger partial charge on any atom is -0.253 e. The number of allylic oxidation sites excluding steroid dienone is 1. The summed E-state index contributed by atoms with van der Waals surface area (Å²) >= 11 is 0. The van der Waals surface area contributed by atoms with E-state index < -0.39 is 26.2 Å². The van der Waals surface area contributed by atoms with Gasteiger partial charge in [-0.25, -0.2) is 0 Å². The van der Waals surface area contributed by atoms with Crippen molar-refractivity contribution in [2.45, 2.75) is 61.3 Å². The van der Waals surface area contributed by atoms with E-state index in [1.807, 2.05) is 62.4 Å². The van der Waals surface area contributed by atoms with Crippen molar-refractivity contribution in [3.8, 4) is 0 Å². The molecule has 0 aliphatic heterocycles. The molecule has 0 spiro atoms. The Morgan fingerprint density at radius 3 is 1.71 bits per heavy atom. The van der Waals surface area contributed by atoms with E-state index in [2.05, 4.69) is 20.4 Å². The first kappa shape index (κ1) is 21.2. The number of benzene rings is 2. The molecule has 0 unspecified atom stereocenters. The Hall–Kier alpha value is -1.52. The van der Waals surface area contributed by atoms with Crippen molar-refractivity contribution < 1.29 is 8.42 Å². The molecule has 0 aromatic heterocycles. The van der Waals surface area contributed by atoms with Gasteiger partial charge in [0.15, 0.2) is 0 Å². The minimum absolute atomic E-state index is 0.00250. The Morgan fingerprint density at radius 2 is 1.32 bits per heavy atom. The van der Waals surface area contributed by atoms with Crippen LogP contribution in [0.3, 0.4) is 0 Å². The highest BCUT2D eigenvalue weighted by atomic mass is 32.2. The van der Waals surface area contributed by atoms with Gasteiger partial charge >= 0.3 is 0 Å². The Labute approximate surface area is 174 Å². The van der Waals surface area contributed by atoms with Gasteiger partial charge in [-0.15, -0.1) is 0 Å². The molecule has 0 amide bonds. The second kappa shape index (κ2) is 8.46. The third-order valence-corrected chi connectivity index (χ3v) is 9.64. The van der Waals surface area contributed by atoms with Crippen molar-refractivity contribution in [1.82, 2.24) is 0 Å². The third kappa shape index (κ3) is 4.72. The topological polar surface area (TPSA) is 34.1 Å². The van der Waals surface area contributed by atoms with Crippen molar-refractivity contribution >= 4 is 21.6 Å². The maximum Gasteiger partial charge on any atom is 0.126 e. The van der Waals surface area contributed by atoms with Gasteiger partial charge in [-0.05, 0) is 62.8 Å². The van der Waals surface area contributed by atoms with Gasteiger partial charge in [-0.1, -0.05) is 61.4 Å². The van der Waals surface area contributed by atoms with Crippen LogP contribution in [-0.2, 0) is 21.6 Å². The highest BCUT2D eigenvalue weighted by Crippen LogP contribution is 2.44. The molecule has 1 saturated carbocycles. The number of rotatable bonds is 5. The summed E-state index contributed by atoms with van der Waals surface area (Å²) in [6, 6.07) is 15.5. The van der Waals surface area contributed by atoms with Crippen molar-refractivity contribution in [1.29, 1.82) is 0 Å². The fourth-order valence-electron chi connectivity index (χ4n) is 3.90. The summed E-state index contributed by atoms with van der Waals surface area (Å²) in [7, 11) is -2.74. The molecule has 2 aromatic carbocycles. The lowest BCUT2D eigenvalue weighted by molar-refractivity contribution is 0.254. The zero-order valence-corrected chi connectivity index (χ0v) is 18.9. The van der Waals surface area contributed by atoms with Crippen LogP contribution in [0.5, 0.6) is 0 Å². The fraction of sp³-hybridized carbons (Fsp3) is 0.417. The van der Waals surface area contributed by atoms with Crippen LogP contribution in [-0.4, -0.2) is 13.0 Å². The van der Waals surface area contributed by atoms with Crippen molar-refractivity contribution in [3.05, 3.63) is 71.8 Å². The molecule has 3 atom stereocenters. The van der Waals surface area contributed by atoms with E-state index in [1.54, 1.807) is 0 Å². The third-order valence-electron chi connectivity index (χ3n) is 5.62. The molecule has 0 bridgehead atoms. The molecule has 150 valence electrons. The van der Waals surface area contributed by atoms with Gasteiger partial charge < -0.3 is 0 Å². The normalized spacial score (nSPS) is 21.5. The zero-order chi connectivity index (χ0) is 20.5. The number of aryl methyl sites for hydroxylation is 2. The van der Waals surface area contributed by atoms with Gasteiger partial charge in [0, 0.05) is 15.7 Å². The van der Waals surface area contributed by atoms with E-state index in [9.17, 15) is 8.42 Å². The highest BCUT2D eigenvalue weighted by molar-refractivity contribution is 8.03. The molecule has 3 rings (SSSR count). The standard InChI is InChI=1S/C24H30O2S2/c1-17-6-10-20(11-7-17)27(25)23(22-14-15-24(4,5)16-19(22)3)28(26)21-12-8-18(2)9-13-21/h6-13,22-23H,3,14-16H2,1-2,4-5H3/t22-,27+,28+/m1/s1. The van der Waals surface area contributed by atoms with E-state index in [0.717, 1.165) is 45.8 Å². The average molecular weight is 415 g/mol. The molecule has 2 aromatic rings. The monoisotopic (exact) mass is 414 g/mol. The van der Waals surface area contributed by atoms with E-state index in [1.165, 1.54) is 0 Å². The molecule has 1 fully saturated rings. The van der Waals surface area contributed by atoms with Crippen LogP contribution < -0.4 is 0 Å². The minimum atomic E-state index is -1.37. The van der Waals surface area contributed by atoms with Crippen LogP contribution in [0, 0.1) is 25.2 Å². The fourth-order valence-corrected chi connectivity index (χ4v) is 7.80. The van der Waals surface area contributed by atoms with Gasteiger partial charge in [-0.2, -0.15) is 0 Å². The summed E-state index contributed by atoms with van der Waals surface area (Å²) in [4.78, 5) is 1.49. The van der Waals surface area contributed by atoms with Crippen molar-refractivity contribution in [2.24, 2.45) is 11.3 Å². The van der Waals surface area contributed by atoms with Crippen LogP contribution >= 0.6 is 0 Å². The van der Waals surface area contributed by atoms with Gasteiger partial charge in [0.25, 0.3) is 0 Å². The SMILES string of the molecule is C=C1CC(C)(C)CC[C@H]1C([S@@](=O)c1ccc(C)cc1)[S@@](=O)c1ccc(C)cc1. The Bertz CT molecular complexity index is 838. The van der Waals surface area contributed by atoms with Crippen LogP contribution in [0.25, 0.3) is 0 Å². The lowest BCUT2D eigenvalue weighted by atomic mass is 9.71. The molecule has 1 aliphatic carbocycles. The van der Waals surface area contributed by atoms with Crippen LogP contribution in [0.1, 0.15) is 44.2 Å². The van der Waals surface area contributed by atoms with Gasteiger partial charge in [0.1, 0.15) is 4.58 Å². The first-order valence-electron chi connectivity index (χ1n) is 9.80. The molecular formula is C24H30O2S2. The van der Waals surface area contributed by atoms with Gasteiger partial charge in [-0.3, -0.25) is 8.42 Å². The maximum atomic E-state index is 13.6. The van der Waals surface area contributed by atoms with Crippen LogP contribution in [0.15, 0.2) is 70.5 Å². The average Bonchev–Trinajstić information content (AvgIpc) is 2.64. The highest BCUT2D eigenvalue weighted by Gasteiger charge is 2.40. The molecular weight excluding hydrogens is 384 g/mol. The van der Waals surface area contributed by atoms with Crippen molar-refractivity contribution in [3.63, 3.8) is 0 Å². The summed E-state index contributed by atoms with van der Waals surface area (Å²) in [5, 5.41) is 0. The second-order valence-electron chi connectivity index (χ2n) is 8.73. The van der Waals surface area contributed by atoms with Gasteiger partial charge in [0.05, 0.1) is 21.6 Å². The summed E-state index contributed by atoms with van der Waals surface area (Å²) in [5.41, 5.74) is 3.54. The molecule has 2 nitrogen and oxygen atoms in total. The first-order valence-corrected chi connectivity index (χ1v) is 12.2. The number of hydrogen-bond donors (Lipinski definition) is 0. The van der Waals surface area contributed by atoms with Crippen LogP contribution in [0.4, 0.5) is 0 Å². The predicted molar refractivity (Wildman–Crippen MR) is 119 cm³/mol. The van der Waals surface area contributed by atoms with E-state index in [4.69, 9.17) is 0 Å². The lowest BCUT2D eigenvalue weighted by Gasteiger charge is -2.39. The molecule has 28 heavy (non-hydrogen) atoms. The molecule has 0 heterocycles. The molecule has 0 N–H and O–H groups in total. The largest absolute Gasteiger partial charge is 0.253 e. The van der Waals surface area contributed by atoms with E-state index >= 15 is 0 Å². The first-order chi connectivity index (χ1) is 13.2. The molecule has 0 radical (unpaired) electrons. The summed E-state index contributed by atoms with van der Waals surface area (Å²) in [6.45, 7) is 12.8. The Balaban J connectivity index is 1.99. The van der Waals surface area contributed by atoms with E-state index in [-0.39, 0.29) is 11.3 Å². The van der Waals surface area contributed by atoms with Crippen molar-refractivity contribution in [2.75, 3.05) is 0 Å². The molecule has 0 saturated heterocycles. The number of hydrogen-bond acceptors (Lipinski definition) is 2. The second-order valence-corrected chi connectivity index (χ2v) is 12.2. The summed E-state index contributed by atoms with van der Waals surface area (Å²) in [6.07, 6.45) is 2.81. The Kier molecular flexibility index (Phi) is 6.41. The Morgan fingerprint density at radius 1 is 0.893 bits per heavy atom. The smallest absolute Gasteiger partial charge is 0.126 e. The maximum absolute atomic E-state index is 13.6. The summed E-state index contributed by atoms with van der Waals surface area (Å²) in [5.74, 6) is -0.00250. The molecule has 4 heteroatoms. The zero-order valence-electron chi connectivity index (χ0n) is 17.2. The quantitative estimate of drug-likeness (QED) is 0.569. The summed E-state index contributed by atoms with van der Waals surface area (Å²) < 4.78 is 26.8. The molecule has 1 aliphatic rings. The van der Waals surface area contributed by atoms with Crippen LogP contribution in [0.2, 0.25) is 0 Å². The lowest BCUT2D eigenvalue weighted by Crippen LogP contribution is -2.36.